The summed E-state index contributed by atoms with van der Waals surface area (Å²) in [5, 5.41) is 1.93. The van der Waals surface area contributed by atoms with Crippen LogP contribution in [0.4, 0.5) is 0 Å². The molecule has 2 rings (SSSR count). The number of amides is 1. The number of hydrogen-bond donors (Lipinski definition) is 1. The Bertz CT molecular complexity index is 315. The number of carbonyl (C=O) groups excluding carboxylic acids is 1. The third-order valence-corrected chi connectivity index (χ3v) is 3.50. The van der Waals surface area contributed by atoms with Crippen LogP contribution in [0.25, 0.3) is 0 Å². The van der Waals surface area contributed by atoms with Gasteiger partial charge in [-0.15, -0.1) is 23.7 Å². The lowest BCUT2D eigenvalue weighted by Gasteiger charge is -2.22. The predicted octanol–water partition coefficient (Wildman–Crippen LogP) is 1.73. The first-order chi connectivity index (χ1) is 6.83. The van der Waals surface area contributed by atoms with Gasteiger partial charge in [0.05, 0.1) is 4.88 Å². The van der Waals surface area contributed by atoms with Crippen molar-refractivity contribution >= 4 is 29.7 Å². The number of halogens is 1. The molecule has 1 saturated heterocycles. The Morgan fingerprint density at radius 2 is 2.47 bits per heavy atom. The smallest absolute Gasteiger partial charge is 0.264 e. The Morgan fingerprint density at radius 3 is 3.07 bits per heavy atom. The van der Waals surface area contributed by atoms with Gasteiger partial charge in [-0.2, -0.15) is 0 Å². The number of carbonyl (C=O) groups is 1. The van der Waals surface area contributed by atoms with Crippen molar-refractivity contribution in [3.63, 3.8) is 0 Å². The van der Waals surface area contributed by atoms with E-state index in [9.17, 15) is 4.79 Å². The van der Waals surface area contributed by atoms with Gasteiger partial charge in [0.1, 0.15) is 0 Å². The zero-order valence-electron chi connectivity index (χ0n) is 8.39. The second-order valence-corrected chi connectivity index (χ2v) is 4.46. The lowest BCUT2D eigenvalue weighted by molar-refractivity contribution is 0.0746. The van der Waals surface area contributed by atoms with Crippen LogP contribution in [0.2, 0.25) is 0 Å². The van der Waals surface area contributed by atoms with Crippen LogP contribution in [0.3, 0.4) is 0 Å². The quantitative estimate of drug-likeness (QED) is 0.864. The molecule has 84 valence electrons. The highest BCUT2D eigenvalue weighted by Crippen LogP contribution is 2.21. The standard InChI is InChI=1S/C10H14N2OS.ClH/c11-7-8-3-1-5-12(8)10(13)9-4-2-6-14-9;/h2,4,6,8H,1,3,5,7,11H2;1H. The van der Waals surface area contributed by atoms with Crippen LogP contribution in [0.1, 0.15) is 22.5 Å². The maximum absolute atomic E-state index is 12.0. The van der Waals surface area contributed by atoms with Crippen LogP contribution in [-0.4, -0.2) is 29.9 Å². The molecule has 0 saturated carbocycles. The van der Waals surface area contributed by atoms with E-state index in [0.29, 0.717) is 6.54 Å². The monoisotopic (exact) mass is 246 g/mol. The molecule has 0 radical (unpaired) electrons. The fraction of sp³-hybridized carbons (Fsp3) is 0.500. The van der Waals surface area contributed by atoms with E-state index in [1.165, 1.54) is 11.3 Å². The molecule has 1 amide bonds. The summed E-state index contributed by atoms with van der Waals surface area (Å²) in [6.45, 7) is 1.44. The topological polar surface area (TPSA) is 46.3 Å². The average Bonchev–Trinajstić information content (AvgIpc) is 2.87. The first-order valence-electron chi connectivity index (χ1n) is 4.87. The molecule has 1 unspecified atom stereocenters. The summed E-state index contributed by atoms with van der Waals surface area (Å²) in [6.07, 6.45) is 2.13. The van der Waals surface area contributed by atoms with Gasteiger partial charge in [0.25, 0.3) is 5.91 Å². The number of thiophene rings is 1. The predicted molar refractivity (Wildman–Crippen MR) is 64.7 cm³/mol. The lowest BCUT2D eigenvalue weighted by atomic mass is 10.2. The van der Waals surface area contributed by atoms with E-state index >= 15 is 0 Å². The molecule has 0 aromatic carbocycles. The molecule has 2 heterocycles. The maximum Gasteiger partial charge on any atom is 0.264 e. The molecule has 1 atom stereocenters. The molecule has 15 heavy (non-hydrogen) atoms. The van der Waals surface area contributed by atoms with Crippen LogP contribution in [0.5, 0.6) is 0 Å². The molecule has 1 aromatic rings. The van der Waals surface area contributed by atoms with E-state index in [0.717, 1.165) is 24.3 Å². The van der Waals surface area contributed by atoms with Crippen molar-refractivity contribution in [1.29, 1.82) is 0 Å². The molecule has 5 heteroatoms. The number of likely N-dealkylation sites (tertiary alicyclic amines) is 1. The van der Waals surface area contributed by atoms with Crippen LogP contribution in [0, 0.1) is 0 Å². The van der Waals surface area contributed by atoms with Gasteiger partial charge in [0, 0.05) is 19.1 Å². The first kappa shape index (κ1) is 12.5. The fourth-order valence-corrected chi connectivity index (χ4v) is 2.57. The van der Waals surface area contributed by atoms with Crippen LogP contribution >= 0.6 is 23.7 Å². The van der Waals surface area contributed by atoms with Crippen molar-refractivity contribution in [3.8, 4) is 0 Å². The molecule has 1 aliphatic rings. The second kappa shape index (κ2) is 5.49. The van der Waals surface area contributed by atoms with Gasteiger partial charge in [-0.05, 0) is 24.3 Å². The minimum atomic E-state index is 0. The van der Waals surface area contributed by atoms with Gasteiger partial charge in [-0.3, -0.25) is 4.79 Å². The van der Waals surface area contributed by atoms with Crippen molar-refractivity contribution in [2.24, 2.45) is 5.73 Å². The highest BCUT2D eigenvalue weighted by atomic mass is 35.5. The zero-order valence-corrected chi connectivity index (χ0v) is 10.0. The lowest BCUT2D eigenvalue weighted by Crippen LogP contribution is -2.39. The zero-order chi connectivity index (χ0) is 9.97. The molecule has 0 spiro atoms. The molecule has 1 fully saturated rings. The second-order valence-electron chi connectivity index (χ2n) is 3.51. The van der Waals surface area contributed by atoms with Crippen molar-refractivity contribution in [2.75, 3.05) is 13.1 Å². The third-order valence-electron chi connectivity index (χ3n) is 2.64. The molecule has 0 aliphatic carbocycles. The third kappa shape index (κ3) is 2.51. The largest absolute Gasteiger partial charge is 0.334 e. The summed E-state index contributed by atoms with van der Waals surface area (Å²) in [5.41, 5.74) is 5.62. The summed E-state index contributed by atoms with van der Waals surface area (Å²) in [7, 11) is 0. The summed E-state index contributed by atoms with van der Waals surface area (Å²) in [4.78, 5) is 14.7. The van der Waals surface area contributed by atoms with Crippen molar-refractivity contribution in [3.05, 3.63) is 22.4 Å². The molecule has 3 nitrogen and oxygen atoms in total. The van der Waals surface area contributed by atoms with Gasteiger partial charge < -0.3 is 10.6 Å². The van der Waals surface area contributed by atoms with Gasteiger partial charge in [-0.1, -0.05) is 6.07 Å². The minimum absolute atomic E-state index is 0. The van der Waals surface area contributed by atoms with E-state index < -0.39 is 0 Å². The number of hydrogen-bond acceptors (Lipinski definition) is 3. The van der Waals surface area contributed by atoms with Crippen LogP contribution in [-0.2, 0) is 0 Å². The SMILES string of the molecule is Cl.NCC1CCCN1C(=O)c1cccs1. The van der Waals surface area contributed by atoms with Crippen molar-refractivity contribution in [2.45, 2.75) is 18.9 Å². The molecular formula is C10H15ClN2OS. The Labute approximate surface area is 99.7 Å². The summed E-state index contributed by atoms with van der Waals surface area (Å²) in [6, 6.07) is 4.04. The highest BCUT2D eigenvalue weighted by molar-refractivity contribution is 7.12. The van der Waals surface area contributed by atoms with Gasteiger partial charge in [-0.25, -0.2) is 0 Å². The molecule has 1 aromatic heterocycles. The van der Waals surface area contributed by atoms with E-state index in [2.05, 4.69) is 0 Å². The highest BCUT2D eigenvalue weighted by Gasteiger charge is 2.28. The number of nitrogens with zero attached hydrogens (tertiary/aromatic N) is 1. The number of nitrogens with two attached hydrogens (primary N) is 1. The average molecular weight is 247 g/mol. The molecular weight excluding hydrogens is 232 g/mol. The van der Waals surface area contributed by atoms with Crippen LogP contribution < -0.4 is 5.73 Å². The van der Waals surface area contributed by atoms with Gasteiger partial charge in [0.2, 0.25) is 0 Å². The van der Waals surface area contributed by atoms with Crippen molar-refractivity contribution in [1.82, 2.24) is 4.90 Å². The van der Waals surface area contributed by atoms with E-state index in [1.54, 1.807) is 0 Å². The minimum Gasteiger partial charge on any atom is -0.334 e. The number of rotatable bonds is 2. The molecule has 0 bridgehead atoms. The normalized spacial score (nSPS) is 20.1. The maximum atomic E-state index is 12.0. The van der Waals surface area contributed by atoms with E-state index in [4.69, 9.17) is 5.73 Å². The Kier molecular flexibility index (Phi) is 4.57. The van der Waals surface area contributed by atoms with E-state index in [1.807, 2.05) is 22.4 Å². The Morgan fingerprint density at radius 1 is 1.67 bits per heavy atom. The molecule has 2 N–H and O–H groups in total. The van der Waals surface area contributed by atoms with Crippen LogP contribution in [0.15, 0.2) is 17.5 Å². The fourth-order valence-electron chi connectivity index (χ4n) is 1.89. The van der Waals surface area contributed by atoms with Crippen molar-refractivity contribution < 1.29 is 4.79 Å². The summed E-state index contributed by atoms with van der Waals surface area (Å²) in [5.74, 6) is 0.146. The Hall–Kier alpha value is -0.580. The Balaban J connectivity index is 0.00000112. The van der Waals surface area contributed by atoms with Gasteiger partial charge in [0.15, 0.2) is 0 Å². The summed E-state index contributed by atoms with van der Waals surface area (Å²) < 4.78 is 0. The first-order valence-corrected chi connectivity index (χ1v) is 5.75. The van der Waals surface area contributed by atoms with E-state index in [-0.39, 0.29) is 24.4 Å². The molecule has 1 aliphatic heterocycles. The van der Waals surface area contributed by atoms with Gasteiger partial charge >= 0.3 is 0 Å². The summed E-state index contributed by atoms with van der Waals surface area (Å²) >= 11 is 1.50.